The highest BCUT2D eigenvalue weighted by molar-refractivity contribution is 7.47. The number of hydrogen-bond acceptors (Lipinski definition) is 14. The molecule has 0 aromatic carbocycles. The van der Waals surface area contributed by atoms with Crippen LogP contribution in [0.1, 0.15) is 31.1 Å². The highest BCUT2D eigenvalue weighted by Gasteiger charge is 2.40. The Balaban J connectivity index is 1.05. The predicted molar refractivity (Wildman–Crippen MR) is 136 cm³/mol. The molecular formula is C21H26N9O10P. The summed E-state index contributed by atoms with van der Waals surface area (Å²) in [5, 5.41) is 20.9. The minimum absolute atomic E-state index is 0.0325. The summed E-state index contributed by atoms with van der Waals surface area (Å²) in [7, 11) is -4.67. The minimum Gasteiger partial charge on any atom is -0.390 e. The van der Waals surface area contributed by atoms with Gasteiger partial charge in [0.2, 0.25) is 5.95 Å². The summed E-state index contributed by atoms with van der Waals surface area (Å²) in [6.07, 6.45) is -2.92. The van der Waals surface area contributed by atoms with Gasteiger partial charge in [-0.05, 0) is 6.92 Å². The van der Waals surface area contributed by atoms with Crippen LogP contribution >= 0.6 is 7.82 Å². The van der Waals surface area contributed by atoms with Crippen molar-refractivity contribution in [2.24, 2.45) is 0 Å². The number of aliphatic hydroxyl groups is 2. The number of nitrogens with zero attached hydrogens (tertiary/aromatic N) is 6. The predicted octanol–water partition coefficient (Wildman–Crippen LogP) is -1.43. The second-order valence-electron chi connectivity index (χ2n) is 9.68. The van der Waals surface area contributed by atoms with Crippen LogP contribution in [0, 0.1) is 6.92 Å². The van der Waals surface area contributed by atoms with E-state index >= 15 is 0 Å². The number of ether oxygens (including phenoxy) is 2. The Morgan fingerprint density at radius 3 is 1.98 bits per heavy atom. The number of aryl methyl sites for hydroxylation is 1. The lowest BCUT2D eigenvalue weighted by Gasteiger charge is -2.20. The van der Waals surface area contributed by atoms with E-state index in [2.05, 4.69) is 29.9 Å². The van der Waals surface area contributed by atoms with Gasteiger partial charge in [-0.25, -0.2) is 19.5 Å². The molecule has 20 heteroatoms. The van der Waals surface area contributed by atoms with Gasteiger partial charge in [-0.1, -0.05) is 0 Å². The second-order valence-corrected chi connectivity index (χ2v) is 11.1. The van der Waals surface area contributed by atoms with Gasteiger partial charge in [-0.2, -0.15) is 4.98 Å². The molecule has 3 unspecified atom stereocenters. The van der Waals surface area contributed by atoms with Crippen LogP contribution in [0.25, 0.3) is 22.3 Å². The van der Waals surface area contributed by atoms with Crippen molar-refractivity contribution in [3.63, 3.8) is 0 Å². The average Bonchev–Trinajstić information content (AvgIpc) is 3.67. The smallest absolute Gasteiger partial charge is 0.390 e. The Hall–Kier alpha value is -3.55. The summed E-state index contributed by atoms with van der Waals surface area (Å²) in [4.78, 5) is 55.6. The molecule has 220 valence electrons. The highest BCUT2D eigenvalue weighted by Crippen LogP contribution is 2.45. The molecular weight excluding hydrogens is 569 g/mol. The van der Waals surface area contributed by atoms with Gasteiger partial charge in [0.05, 0.1) is 38.1 Å². The van der Waals surface area contributed by atoms with Crippen molar-refractivity contribution in [3.8, 4) is 0 Å². The summed E-state index contributed by atoms with van der Waals surface area (Å²) in [5.41, 5.74) is 5.22. The first kappa shape index (κ1) is 27.6. The maximum absolute atomic E-state index is 12.6. The van der Waals surface area contributed by atoms with E-state index in [1.807, 2.05) is 0 Å². The summed E-state index contributed by atoms with van der Waals surface area (Å²) in [6, 6.07) is 0. The zero-order valence-electron chi connectivity index (χ0n) is 21.4. The van der Waals surface area contributed by atoms with Crippen molar-refractivity contribution in [2.75, 3.05) is 18.9 Å². The Labute approximate surface area is 228 Å². The first-order chi connectivity index (χ1) is 19.5. The SMILES string of the molecule is Cc1nc2c(ncn2[C@H]2CC(O)[C@@H](COP(=O)(O)OC[C@H]3O[C@@H](n4cnc5c(=O)[nH]c(N)nc54)CC3O)O2)c(=O)[nH]1. The maximum atomic E-state index is 12.6. The van der Waals surface area contributed by atoms with Crippen molar-refractivity contribution in [1.29, 1.82) is 0 Å². The van der Waals surface area contributed by atoms with Crippen molar-refractivity contribution in [2.45, 2.75) is 56.6 Å². The lowest BCUT2D eigenvalue weighted by Crippen LogP contribution is -2.28. The average molecular weight is 595 g/mol. The van der Waals surface area contributed by atoms with Crippen molar-refractivity contribution >= 4 is 36.1 Å². The van der Waals surface area contributed by atoms with Crippen LogP contribution in [-0.4, -0.2) is 91.8 Å². The third-order valence-electron chi connectivity index (χ3n) is 6.83. The van der Waals surface area contributed by atoms with E-state index in [0.717, 1.165) is 0 Å². The van der Waals surface area contributed by atoms with E-state index in [1.54, 1.807) is 6.92 Å². The summed E-state index contributed by atoms with van der Waals surface area (Å²) < 4.78 is 37.1. The lowest BCUT2D eigenvalue weighted by atomic mass is 10.2. The largest absolute Gasteiger partial charge is 0.472 e. The van der Waals surface area contributed by atoms with Crippen LogP contribution in [0.4, 0.5) is 5.95 Å². The third kappa shape index (κ3) is 5.29. The molecule has 6 heterocycles. The number of imidazole rings is 2. The molecule has 7 atom stereocenters. The van der Waals surface area contributed by atoms with Crippen LogP contribution in [0.2, 0.25) is 0 Å². The summed E-state index contributed by atoms with van der Waals surface area (Å²) in [5.74, 6) is 0.253. The highest BCUT2D eigenvalue weighted by atomic mass is 31.2. The molecule has 0 amide bonds. The molecule has 2 saturated heterocycles. The number of aromatic nitrogens is 8. The molecule has 0 spiro atoms. The molecule has 2 fully saturated rings. The first-order valence-corrected chi connectivity index (χ1v) is 13.9. The van der Waals surface area contributed by atoms with Gasteiger partial charge in [0.1, 0.15) is 30.5 Å². The minimum atomic E-state index is -4.67. The standard InChI is InChI=1S/C21H26N9O10P/c1-8-25-17-15(19(33)26-8)23-6-29(17)13-2-9(31)11(39-13)4-37-41(35,36)38-5-12-10(32)3-14(40-12)30-7-24-16-18(30)27-21(22)28-20(16)34/h6-7,9-14,31-32H,2-5H2,1H3,(H,35,36)(H,25,26,33)(H3,22,27,28,34)/t9?,10?,11-,12-,13-,14-/m1/s1. The van der Waals surface area contributed by atoms with Crippen molar-refractivity contribution in [1.82, 2.24) is 39.0 Å². The number of nitrogen functional groups attached to an aromatic ring is 1. The molecule has 7 N–H and O–H groups in total. The quantitative estimate of drug-likeness (QED) is 0.128. The van der Waals surface area contributed by atoms with Crippen LogP contribution < -0.4 is 16.9 Å². The topological polar surface area (TPSA) is 268 Å². The number of rotatable bonds is 8. The van der Waals surface area contributed by atoms with Crippen molar-refractivity contribution < 1.29 is 38.2 Å². The molecule has 2 aliphatic heterocycles. The lowest BCUT2D eigenvalue weighted by molar-refractivity contribution is -0.0559. The maximum Gasteiger partial charge on any atom is 0.472 e. The van der Waals surface area contributed by atoms with Crippen LogP contribution in [0.3, 0.4) is 0 Å². The number of hydrogen-bond donors (Lipinski definition) is 6. The van der Waals surface area contributed by atoms with Gasteiger partial charge in [0.15, 0.2) is 22.3 Å². The zero-order valence-corrected chi connectivity index (χ0v) is 22.2. The molecule has 0 bridgehead atoms. The molecule has 41 heavy (non-hydrogen) atoms. The van der Waals surface area contributed by atoms with Crippen LogP contribution in [-0.2, 0) is 23.1 Å². The molecule has 0 saturated carbocycles. The van der Waals surface area contributed by atoms with E-state index in [0.29, 0.717) is 5.82 Å². The van der Waals surface area contributed by atoms with E-state index in [-0.39, 0.29) is 41.1 Å². The molecule has 19 nitrogen and oxygen atoms in total. The number of phosphoric ester groups is 1. The number of aromatic amines is 2. The molecule has 2 aliphatic rings. The van der Waals surface area contributed by atoms with E-state index in [4.69, 9.17) is 24.3 Å². The number of phosphoric acid groups is 1. The van der Waals surface area contributed by atoms with Crippen molar-refractivity contribution in [3.05, 3.63) is 39.2 Å². The fraction of sp³-hybridized carbons (Fsp3) is 0.524. The monoisotopic (exact) mass is 595 g/mol. The Morgan fingerprint density at radius 2 is 1.44 bits per heavy atom. The van der Waals surface area contributed by atoms with E-state index < -0.39 is 69.0 Å². The number of fused-ring (bicyclic) bond motifs is 2. The number of nitrogens with two attached hydrogens (primary N) is 1. The number of H-pyrrole nitrogens is 2. The fourth-order valence-corrected chi connectivity index (χ4v) is 5.59. The normalized spacial score (nSPS) is 28.1. The van der Waals surface area contributed by atoms with E-state index in [9.17, 15) is 29.3 Å². The van der Waals surface area contributed by atoms with Gasteiger partial charge in [0, 0.05) is 12.8 Å². The Kier molecular flexibility index (Phi) is 6.99. The number of nitrogens with one attached hydrogen (secondary N) is 2. The molecule has 0 radical (unpaired) electrons. The Bertz CT molecular complexity index is 1640. The molecule has 4 aromatic heterocycles. The van der Waals surface area contributed by atoms with E-state index in [1.165, 1.54) is 21.8 Å². The van der Waals surface area contributed by atoms with Gasteiger partial charge >= 0.3 is 7.82 Å². The molecule has 0 aliphatic carbocycles. The second kappa shape index (κ2) is 10.4. The molecule has 6 rings (SSSR count). The third-order valence-corrected chi connectivity index (χ3v) is 7.78. The first-order valence-electron chi connectivity index (χ1n) is 12.4. The van der Waals surface area contributed by atoms with Gasteiger partial charge in [-0.3, -0.25) is 32.8 Å². The Morgan fingerprint density at radius 1 is 0.951 bits per heavy atom. The van der Waals surface area contributed by atoms with Gasteiger partial charge in [-0.15, -0.1) is 0 Å². The van der Waals surface area contributed by atoms with Gasteiger partial charge < -0.3 is 35.3 Å². The number of anilines is 1. The fourth-order valence-electron chi connectivity index (χ4n) is 4.84. The zero-order chi connectivity index (χ0) is 29.1. The number of aliphatic hydroxyl groups excluding tert-OH is 2. The van der Waals surface area contributed by atoms with Crippen LogP contribution in [0.15, 0.2) is 22.2 Å². The van der Waals surface area contributed by atoms with Gasteiger partial charge in [0.25, 0.3) is 11.1 Å². The summed E-state index contributed by atoms with van der Waals surface area (Å²) in [6.45, 7) is 0.610. The van der Waals surface area contributed by atoms with Crippen LogP contribution in [0.5, 0.6) is 0 Å². The summed E-state index contributed by atoms with van der Waals surface area (Å²) >= 11 is 0. The molecule has 4 aromatic rings.